The molecule has 0 amide bonds. The molecule has 130 valence electrons. The highest BCUT2D eigenvalue weighted by molar-refractivity contribution is 14.0. The van der Waals surface area contributed by atoms with Crippen LogP contribution in [-0.2, 0) is 4.74 Å². The normalized spacial score (nSPS) is 23.0. The summed E-state index contributed by atoms with van der Waals surface area (Å²) in [6.07, 6.45) is 2.56. The van der Waals surface area contributed by atoms with Crippen molar-refractivity contribution in [3.63, 3.8) is 0 Å². The zero-order chi connectivity index (χ0) is 15.1. The third-order valence-corrected chi connectivity index (χ3v) is 4.59. The summed E-state index contributed by atoms with van der Waals surface area (Å²) >= 11 is 0. The lowest BCUT2D eigenvalue weighted by molar-refractivity contribution is 0.0220. The van der Waals surface area contributed by atoms with Crippen molar-refractivity contribution < 1.29 is 4.74 Å². The van der Waals surface area contributed by atoms with Gasteiger partial charge >= 0.3 is 0 Å². The van der Waals surface area contributed by atoms with Gasteiger partial charge in [-0.05, 0) is 32.6 Å². The molecule has 0 aliphatic carbocycles. The Hall–Kier alpha value is -0.0800. The van der Waals surface area contributed by atoms with E-state index in [1.807, 2.05) is 0 Å². The Labute approximate surface area is 152 Å². The molecule has 1 atom stereocenters. The van der Waals surface area contributed by atoms with Crippen molar-refractivity contribution in [2.24, 2.45) is 10.9 Å². The summed E-state index contributed by atoms with van der Waals surface area (Å²) in [7, 11) is 0. The Kier molecular flexibility index (Phi) is 9.66. The molecule has 0 spiro atoms. The molecule has 2 rings (SSSR count). The molecular weight excluding hydrogens is 391 g/mol. The summed E-state index contributed by atoms with van der Waals surface area (Å²) in [5.41, 5.74) is 0. The monoisotopic (exact) mass is 424 g/mol. The molecule has 2 heterocycles. The van der Waals surface area contributed by atoms with Crippen LogP contribution in [0.15, 0.2) is 4.99 Å². The lowest BCUT2D eigenvalue weighted by atomic mass is 10.00. The van der Waals surface area contributed by atoms with Crippen LogP contribution in [-0.4, -0.2) is 74.3 Å². The second-order valence-electron chi connectivity index (χ2n) is 6.36. The van der Waals surface area contributed by atoms with E-state index in [1.54, 1.807) is 0 Å². The van der Waals surface area contributed by atoms with Crippen molar-refractivity contribution in [2.45, 2.75) is 39.7 Å². The summed E-state index contributed by atoms with van der Waals surface area (Å²) in [4.78, 5) is 9.79. The van der Waals surface area contributed by atoms with E-state index < -0.39 is 0 Å². The molecule has 1 N–H and O–H groups in total. The number of ether oxygens (including phenoxy) is 1. The molecule has 0 saturated carbocycles. The highest BCUT2D eigenvalue weighted by atomic mass is 127. The predicted molar refractivity (Wildman–Crippen MR) is 103 cm³/mol. The average Bonchev–Trinajstić information content (AvgIpc) is 2.53. The third-order valence-electron chi connectivity index (χ3n) is 4.59. The number of likely N-dealkylation sites (tertiary alicyclic amines) is 1. The first-order valence-corrected chi connectivity index (χ1v) is 8.55. The first kappa shape index (κ1) is 20.0. The quantitative estimate of drug-likeness (QED) is 0.426. The van der Waals surface area contributed by atoms with E-state index in [0.29, 0.717) is 6.04 Å². The van der Waals surface area contributed by atoms with Gasteiger partial charge in [0.25, 0.3) is 0 Å². The minimum Gasteiger partial charge on any atom is -0.379 e. The zero-order valence-electron chi connectivity index (χ0n) is 14.4. The van der Waals surface area contributed by atoms with Gasteiger partial charge in [-0.3, -0.25) is 9.89 Å². The predicted octanol–water partition coefficient (Wildman–Crippen LogP) is 2.02. The average molecular weight is 424 g/mol. The molecule has 5 nitrogen and oxygen atoms in total. The number of guanidine groups is 1. The van der Waals surface area contributed by atoms with Gasteiger partial charge in [0.15, 0.2) is 5.96 Å². The first-order valence-electron chi connectivity index (χ1n) is 8.55. The van der Waals surface area contributed by atoms with E-state index in [-0.39, 0.29) is 24.0 Å². The van der Waals surface area contributed by atoms with Crippen molar-refractivity contribution in [2.75, 3.05) is 52.5 Å². The minimum atomic E-state index is 0. The van der Waals surface area contributed by atoms with Gasteiger partial charge in [-0.25, -0.2) is 0 Å². The van der Waals surface area contributed by atoms with Gasteiger partial charge in [0, 0.05) is 38.8 Å². The van der Waals surface area contributed by atoms with Crippen LogP contribution in [0, 0.1) is 5.92 Å². The number of hydrogen-bond donors (Lipinski definition) is 1. The zero-order valence-corrected chi connectivity index (χ0v) is 16.7. The molecule has 0 bridgehead atoms. The topological polar surface area (TPSA) is 40.1 Å². The maximum atomic E-state index is 5.42. The van der Waals surface area contributed by atoms with Gasteiger partial charge in [0.1, 0.15) is 0 Å². The highest BCUT2D eigenvalue weighted by Gasteiger charge is 2.20. The fourth-order valence-corrected chi connectivity index (χ4v) is 3.00. The molecule has 0 aromatic heterocycles. The Balaban J connectivity index is 0.00000242. The fraction of sp³-hybridized carbons (Fsp3) is 0.938. The highest BCUT2D eigenvalue weighted by Crippen LogP contribution is 2.16. The fourth-order valence-electron chi connectivity index (χ4n) is 3.00. The minimum absolute atomic E-state index is 0. The number of aliphatic imine (C=N–C) groups is 1. The Bertz CT molecular complexity index is 326. The molecule has 0 aromatic carbocycles. The maximum absolute atomic E-state index is 5.42. The second kappa shape index (κ2) is 10.6. The molecule has 22 heavy (non-hydrogen) atoms. The molecule has 2 aliphatic heterocycles. The van der Waals surface area contributed by atoms with Gasteiger partial charge in [-0.15, -0.1) is 24.0 Å². The number of nitrogens with zero attached hydrogens (tertiary/aromatic N) is 3. The Morgan fingerprint density at radius 3 is 2.45 bits per heavy atom. The number of hydrogen-bond acceptors (Lipinski definition) is 3. The molecule has 0 aromatic rings. The van der Waals surface area contributed by atoms with Crippen LogP contribution in [0.3, 0.4) is 0 Å². The molecule has 0 radical (unpaired) electrons. The summed E-state index contributed by atoms with van der Waals surface area (Å²) in [6, 6.07) is 0.492. The smallest absolute Gasteiger partial charge is 0.193 e. The molecule has 1 unspecified atom stereocenters. The van der Waals surface area contributed by atoms with Crippen LogP contribution < -0.4 is 5.32 Å². The van der Waals surface area contributed by atoms with Crippen LogP contribution in [0.2, 0.25) is 0 Å². The SMILES string of the molecule is CCNC(=NCC(C)N1CCOCC1)N1CCC(C)CC1.I. The summed E-state index contributed by atoms with van der Waals surface area (Å²) in [5, 5.41) is 3.46. The van der Waals surface area contributed by atoms with Crippen molar-refractivity contribution in [1.82, 2.24) is 15.1 Å². The van der Waals surface area contributed by atoms with Crippen LogP contribution in [0.4, 0.5) is 0 Å². The van der Waals surface area contributed by atoms with Crippen molar-refractivity contribution in [1.29, 1.82) is 0 Å². The van der Waals surface area contributed by atoms with Crippen molar-refractivity contribution in [3.05, 3.63) is 0 Å². The van der Waals surface area contributed by atoms with Gasteiger partial charge in [-0.2, -0.15) is 0 Å². The third kappa shape index (κ3) is 6.20. The number of piperidine rings is 1. The molecule has 6 heteroatoms. The summed E-state index contributed by atoms with van der Waals surface area (Å²) < 4.78 is 5.42. The van der Waals surface area contributed by atoms with Gasteiger partial charge in [-0.1, -0.05) is 6.92 Å². The molecule has 2 fully saturated rings. The maximum Gasteiger partial charge on any atom is 0.193 e. The molecular formula is C16H33IN4O. The lowest BCUT2D eigenvalue weighted by Gasteiger charge is -2.34. The standard InChI is InChI=1S/C16H32N4O.HI/c1-4-17-16(20-7-5-14(2)6-8-20)18-13-15(3)19-9-11-21-12-10-19;/h14-15H,4-13H2,1-3H3,(H,17,18);1H. The van der Waals surface area contributed by atoms with Crippen LogP contribution in [0.1, 0.15) is 33.6 Å². The Morgan fingerprint density at radius 2 is 1.86 bits per heavy atom. The van der Waals surface area contributed by atoms with Crippen LogP contribution in [0.5, 0.6) is 0 Å². The first-order chi connectivity index (χ1) is 10.2. The lowest BCUT2D eigenvalue weighted by Crippen LogP contribution is -2.47. The van der Waals surface area contributed by atoms with Crippen LogP contribution in [0.25, 0.3) is 0 Å². The van der Waals surface area contributed by atoms with E-state index in [2.05, 4.69) is 35.9 Å². The van der Waals surface area contributed by atoms with Crippen molar-refractivity contribution in [3.8, 4) is 0 Å². The number of rotatable bonds is 4. The van der Waals surface area contributed by atoms with E-state index in [0.717, 1.165) is 64.4 Å². The Morgan fingerprint density at radius 1 is 1.23 bits per heavy atom. The van der Waals surface area contributed by atoms with E-state index >= 15 is 0 Å². The van der Waals surface area contributed by atoms with Gasteiger partial charge < -0.3 is 15.0 Å². The van der Waals surface area contributed by atoms with Gasteiger partial charge in [0.05, 0.1) is 19.8 Å². The van der Waals surface area contributed by atoms with E-state index in [4.69, 9.17) is 9.73 Å². The largest absolute Gasteiger partial charge is 0.379 e. The number of morpholine rings is 1. The summed E-state index contributed by atoms with van der Waals surface area (Å²) in [5.74, 6) is 1.96. The van der Waals surface area contributed by atoms with Gasteiger partial charge in [0.2, 0.25) is 0 Å². The van der Waals surface area contributed by atoms with Crippen molar-refractivity contribution >= 4 is 29.9 Å². The molecule has 2 saturated heterocycles. The van der Waals surface area contributed by atoms with E-state index in [1.165, 1.54) is 12.8 Å². The van der Waals surface area contributed by atoms with Crippen LogP contribution >= 0.6 is 24.0 Å². The second-order valence-corrected chi connectivity index (χ2v) is 6.36. The summed E-state index contributed by atoms with van der Waals surface area (Å²) in [6.45, 7) is 14.6. The van der Waals surface area contributed by atoms with E-state index in [9.17, 15) is 0 Å². The number of halogens is 1. The molecule has 2 aliphatic rings. The number of nitrogens with one attached hydrogen (secondary N) is 1.